The molecule has 0 spiro atoms. The summed E-state index contributed by atoms with van der Waals surface area (Å²) in [4.78, 5) is 11.0. The number of fused-ring (bicyclic) bond motifs is 1. The van der Waals surface area contributed by atoms with Crippen LogP contribution in [0.1, 0.15) is 11.1 Å². The smallest absolute Gasteiger partial charge is 0.320 e. The molecule has 0 atom stereocenters. The SMILES string of the molecule is Cc1ccc(Br)c2c1NC(=O)C2(F)F. The van der Waals surface area contributed by atoms with Crippen LogP contribution in [0, 0.1) is 6.92 Å². The van der Waals surface area contributed by atoms with Gasteiger partial charge in [0.15, 0.2) is 0 Å². The molecule has 14 heavy (non-hydrogen) atoms. The van der Waals surface area contributed by atoms with E-state index in [0.717, 1.165) is 0 Å². The zero-order valence-electron chi connectivity index (χ0n) is 7.20. The molecule has 74 valence electrons. The molecule has 1 N–H and O–H groups in total. The highest BCUT2D eigenvalue weighted by molar-refractivity contribution is 9.10. The number of rotatable bonds is 0. The Morgan fingerprint density at radius 2 is 2.07 bits per heavy atom. The second-order valence-corrected chi connectivity index (χ2v) is 4.00. The number of amides is 1. The molecule has 0 bridgehead atoms. The lowest BCUT2D eigenvalue weighted by molar-refractivity contribution is -0.139. The van der Waals surface area contributed by atoms with Crippen molar-refractivity contribution in [1.82, 2.24) is 0 Å². The number of hydrogen-bond donors (Lipinski definition) is 1. The molecule has 1 aromatic carbocycles. The fourth-order valence-corrected chi connectivity index (χ4v) is 2.03. The topological polar surface area (TPSA) is 29.1 Å². The lowest BCUT2D eigenvalue weighted by atomic mass is 10.1. The molecule has 0 fully saturated rings. The van der Waals surface area contributed by atoms with Gasteiger partial charge in [-0.15, -0.1) is 0 Å². The van der Waals surface area contributed by atoms with E-state index in [2.05, 4.69) is 21.2 Å². The molecule has 1 heterocycles. The van der Waals surface area contributed by atoms with Crippen molar-refractivity contribution in [1.29, 1.82) is 0 Å². The van der Waals surface area contributed by atoms with Gasteiger partial charge in [0.1, 0.15) is 0 Å². The number of benzene rings is 1. The van der Waals surface area contributed by atoms with E-state index in [4.69, 9.17) is 0 Å². The monoisotopic (exact) mass is 261 g/mol. The number of anilines is 1. The number of hydrogen-bond acceptors (Lipinski definition) is 1. The Balaban J connectivity index is 2.76. The molecule has 0 radical (unpaired) electrons. The number of nitrogens with one attached hydrogen (secondary N) is 1. The maximum absolute atomic E-state index is 13.3. The van der Waals surface area contributed by atoms with Crippen molar-refractivity contribution in [3.8, 4) is 0 Å². The number of halogens is 3. The molecule has 0 aromatic heterocycles. The summed E-state index contributed by atoms with van der Waals surface area (Å²) in [6, 6.07) is 3.19. The fraction of sp³-hybridized carbons (Fsp3) is 0.222. The van der Waals surface area contributed by atoms with Crippen LogP contribution >= 0.6 is 15.9 Å². The van der Waals surface area contributed by atoms with Gasteiger partial charge in [0.2, 0.25) is 0 Å². The van der Waals surface area contributed by atoms with Gasteiger partial charge in [-0.3, -0.25) is 4.79 Å². The highest BCUT2D eigenvalue weighted by Crippen LogP contribution is 2.45. The van der Waals surface area contributed by atoms with Gasteiger partial charge in [-0.05, 0) is 18.6 Å². The molecule has 2 nitrogen and oxygen atoms in total. The number of carbonyl (C=O) groups is 1. The van der Waals surface area contributed by atoms with Crippen molar-refractivity contribution >= 4 is 27.5 Å². The van der Waals surface area contributed by atoms with Crippen molar-refractivity contribution in [3.63, 3.8) is 0 Å². The maximum Gasteiger partial charge on any atom is 0.353 e. The van der Waals surface area contributed by atoms with Crippen LogP contribution in [0.2, 0.25) is 0 Å². The van der Waals surface area contributed by atoms with Crippen LogP contribution in [0.4, 0.5) is 14.5 Å². The molecule has 1 aromatic rings. The van der Waals surface area contributed by atoms with Crippen molar-refractivity contribution in [2.75, 3.05) is 5.32 Å². The van der Waals surface area contributed by atoms with Gasteiger partial charge in [-0.25, -0.2) is 0 Å². The summed E-state index contributed by atoms with van der Waals surface area (Å²) >= 11 is 3.01. The van der Waals surface area contributed by atoms with Gasteiger partial charge in [-0.2, -0.15) is 8.78 Å². The van der Waals surface area contributed by atoms with Gasteiger partial charge < -0.3 is 5.32 Å². The molecular weight excluding hydrogens is 256 g/mol. The lowest BCUT2D eigenvalue weighted by Gasteiger charge is -2.09. The van der Waals surface area contributed by atoms with Crippen LogP contribution < -0.4 is 5.32 Å². The third-order valence-electron chi connectivity index (χ3n) is 2.20. The van der Waals surface area contributed by atoms with E-state index in [9.17, 15) is 13.6 Å². The molecule has 1 amide bonds. The van der Waals surface area contributed by atoms with Crippen LogP contribution in [0.25, 0.3) is 0 Å². The molecule has 1 aliphatic rings. The summed E-state index contributed by atoms with van der Waals surface area (Å²) < 4.78 is 26.9. The van der Waals surface area contributed by atoms with E-state index in [0.29, 0.717) is 5.56 Å². The van der Waals surface area contributed by atoms with Crippen molar-refractivity contribution in [2.24, 2.45) is 0 Å². The summed E-state index contributed by atoms with van der Waals surface area (Å²) in [5.74, 6) is -4.69. The minimum atomic E-state index is -3.43. The second-order valence-electron chi connectivity index (χ2n) is 3.14. The first-order valence-corrected chi connectivity index (χ1v) is 4.72. The van der Waals surface area contributed by atoms with Crippen LogP contribution in [0.3, 0.4) is 0 Å². The van der Waals surface area contributed by atoms with Crippen LogP contribution in [0.5, 0.6) is 0 Å². The summed E-state index contributed by atoms with van der Waals surface area (Å²) in [6.45, 7) is 1.67. The van der Waals surface area contributed by atoms with Gasteiger partial charge in [0.05, 0.1) is 11.3 Å². The first-order chi connectivity index (χ1) is 6.44. The Morgan fingerprint density at radius 1 is 1.43 bits per heavy atom. The molecule has 2 rings (SSSR count). The van der Waals surface area contributed by atoms with Crippen LogP contribution in [-0.2, 0) is 10.7 Å². The third kappa shape index (κ3) is 1.08. The van der Waals surface area contributed by atoms with E-state index in [1.165, 1.54) is 6.07 Å². The molecule has 0 saturated heterocycles. The quantitative estimate of drug-likeness (QED) is 0.765. The summed E-state index contributed by atoms with van der Waals surface area (Å²) in [7, 11) is 0. The maximum atomic E-state index is 13.3. The van der Waals surface area contributed by atoms with E-state index >= 15 is 0 Å². The Hall–Kier alpha value is -0.970. The van der Waals surface area contributed by atoms with E-state index in [1.807, 2.05) is 0 Å². The average molecular weight is 262 g/mol. The van der Waals surface area contributed by atoms with Gasteiger partial charge in [0, 0.05) is 4.47 Å². The van der Waals surface area contributed by atoms with Crippen molar-refractivity contribution < 1.29 is 13.6 Å². The average Bonchev–Trinajstić information content (AvgIpc) is 2.33. The third-order valence-corrected chi connectivity index (χ3v) is 2.86. The van der Waals surface area contributed by atoms with Gasteiger partial charge in [0.25, 0.3) is 5.91 Å². The number of carbonyl (C=O) groups excluding carboxylic acids is 1. The number of aryl methyl sites for hydroxylation is 1. The second kappa shape index (κ2) is 2.76. The lowest BCUT2D eigenvalue weighted by Crippen LogP contribution is -2.24. The van der Waals surface area contributed by atoms with Gasteiger partial charge in [-0.1, -0.05) is 22.0 Å². The Labute approximate surface area is 87.4 Å². The molecule has 5 heteroatoms. The standard InChI is InChI=1S/C9H6BrF2NO/c1-4-2-3-5(10)6-7(4)13-8(14)9(6,11)12/h2-3H,1H3,(H,13,14). The largest absolute Gasteiger partial charge is 0.353 e. The minimum Gasteiger partial charge on any atom is -0.320 e. The van der Waals surface area contributed by atoms with Crippen LogP contribution in [-0.4, -0.2) is 5.91 Å². The molecule has 0 aliphatic carbocycles. The van der Waals surface area contributed by atoms with Crippen molar-refractivity contribution in [3.05, 3.63) is 27.7 Å². The van der Waals surface area contributed by atoms with Gasteiger partial charge >= 0.3 is 5.92 Å². The summed E-state index contributed by atoms with van der Waals surface area (Å²) in [5, 5.41) is 2.18. The highest BCUT2D eigenvalue weighted by Gasteiger charge is 2.50. The molecule has 0 saturated carbocycles. The van der Waals surface area contributed by atoms with E-state index in [1.54, 1.807) is 13.0 Å². The normalized spacial score (nSPS) is 17.9. The van der Waals surface area contributed by atoms with Crippen LogP contribution in [0.15, 0.2) is 16.6 Å². The zero-order valence-corrected chi connectivity index (χ0v) is 8.78. The summed E-state index contributed by atoms with van der Waals surface area (Å²) in [6.07, 6.45) is 0. The number of alkyl halides is 2. The fourth-order valence-electron chi connectivity index (χ4n) is 1.46. The highest BCUT2D eigenvalue weighted by atomic mass is 79.9. The predicted molar refractivity (Wildman–Crippen MR) is 51.4 cm³/mol. The Kier molecular flexibility index (Phi) is 1.89. The van der Waals surface area contributed by atoms with E-state index in [-0.39, 0.29) is 15.7 Å². The Morgan fingerprint density at radius 3 is 2.64 bits per heavy atom. The van der Waals surface area contributed by atoms with E-state index < -0.39 is 11.8 Å². The van der Waals surface area contributed by atoms with Crippen molar-refractivity contribution in [2.45, 2.75) is 12.8 Å². The first kappa shape index (κ1) is 9.58. The predicted octanol–water partition coefficient (Wildman–Crippen LogP) is 2.80. The first-order valence-electron chi connectivity index (χ1n) is 3.93. The Bertz CT molecular complexity index is 431. The molecule has 1 aliphatic heterocycles. The molecular formula is C9H6BrF2NO. The summed E-state index contributed by atoms with van der Waals surface area (Å²) in [5.41, 5.74) is 0.589. The molecule has 0 unspecified atom stereocenters. The minimum absolute atomic E-state index is 0.217. The zero-order chi connectivity index (χ0) is 10.5.